The van der Waals surface area contributed by atoms with Crippen LogP contribution >= 0.6 is 0 Å². The monoisotopic (exact) mass is 234 g/mol. The van der Waals surface area contributed by atoms with E-state index in [1.54, 1.807) is 6.33 Å². The van der Waals surface area contributed by atoms with Crippen molar-refractivity contribution in [2.24, 2.45) is 5.73 Å². The van der Waals surface area contributed by atoms with Crippen molar-refractivity contribution in [1.82, 2.24) is 9.97 Å². The van der Waals surface area contributed by atoms with Gasteiger partial charge in [-0.25, -0.2) is 9.97 Å². The highest BCUT2D eigenvalue weighted by molar-refractivity contribution is 5.49. The minimum Gasteiger partial charge on any atom is -0.359 e. The van der Waals surface area contributed by atoms with E-state index < -0.39 is 0 Å². The van der Waals surface area contributed by atoms with Gasteiger partial charge in [0.15, 0.2) is 0 Å². The zero-order chi connectivity index (χ0) is 12.1. The molecule has 1 aliphatic rings. The van der Waals surface area contributed by atoms with Crippen LogP contribution in [0.25, 0.3) is 0 Å². The third kappa shape index (κ3) is 2.94. The first-order valence-corrected chi connectivity index (χ1v) is 6.57. The van der Waals surface area contributed by atoms with Gasteiger partial charge in [0.2, 0.25) is 0 Å². The number of nitrogens with zero attached hydrogens (tertiary/aromatic N) is 3. The molecule has 0 spiro atoms. The topological polar surface area (TPSA) is 55.0 Å². The fourth-order valence-corrected chi connectivity index (χ4v) is 2.45. The molecule has 0 saturated heterocycles. The lowest BCUT2D eigenvalue weighted by atomic mass is 10.2. The number of fused-ring (bicyclic) bond motifs is 1. The van der Waals surface area contributed by atoms with Gasteiger partial charge in [0.1, 0.15) is 12.1 Å². The second-order valence-electron chi connectivity index (χ2n) is 4.75. The molecule has 1 aromatic heterocycles. The molecule has 1 heterocycles. The molecule has 0 aliphatic heterocycles. The molecule has 0 amide bonds. The standard InChI is InChI=1S/C13H22N4/c1-17(9-4-2-3-8-14)13-11-6-5-7-12(11)15-10-16-13/h10H,2-9,14H2,1H3. The number of rotatable bonds is 6. The molecule has 4 nitrogen and oxygen atoms in total. The molecule has 0 atom stereocenters. The molecule has 2 N–H and O–H groups in total. The van der Waals surface area contributed by atoms with Crippen LogP contribution < -0.4 is 10.6 Å². The van der Waals surface area contributed by atoms with E-state index in [2.05, 4.69) is 21.9 Å². The Hall–Kier alpha value is -1.16. The van der Waals surface area contributed by atoms with Gasteiger partial charge < -0.3 is 10.6 Å². The van der Waals surface area contributed by atoms with E-state index in [4.69, 9.17) is 5.73 Å². The van der Waals surface area contributed by atoms with Crippen LogP contribution in [0.5, 0.6) is 0 Å². The maximum absolute atomic E-state index is 5.50. The fraction of sp³-hybridized carbons (Fsp3) is 0.692. The molecule has 1 aliphatic carbocycles. The van der Waals surface area contributed by atoms with E-state index in [1.807, 2.05) is 0 Å². The molecule has 1 aromatic rings. The van der Waals surface area contributed by atoms with Crippen LogP contribution in [0.1, 0.15) is 36.9 Å². The number of hydrogen-bond acceptors (Lipinski definition) is 4. The van der Waals surface area contributed by atoms with Crippen LogP contribution in [-0.2, 0) is 12.8 Å². The van der Waals surface area contributed by atoms with Gasteiger partial charge in [-0.1, -0.05) is 6.42 Å². The van der Waals surface area contributed by atoms with Crippen molar-refractivity contribution in [1.29, 1.82) is 0 Å². The highest BCUT2D eigenvalue weighted by Gasteiger charge is 2.18. The van der Waals surface area contributed by atoms with Crippen LogP contribution in [0, 0.1) is 0 Å². The second-order valence-corrected chi connectivity index (χ2v) is 4.75. The zero-order valence-corrected chi connectivity index (χ0v) is 10.7. The quantitative estimate of drug-likeness (QED) is 0.758. The highest BCUT2D eigenvalue weighted by Crippen LogP contribution is 2.27. The predicted octanol–water partition coefficient (Wildman–Crippen LogP) is 1.53. The van der Waals surface area contributed by atoms with Gasteiger partial charge in [-0.3, -0.25) is 0 Å². The molecular weight excluding hydrogens is 212 g/mol. The molecule has 94 valence electrons. The van der Waals surface area contributed by atoms with Crippen LogP contribution in [0.15, 0.2) is 6.33 Å². The lowest BCUT2D eigenvalue weighted by molar-refractivity contribution is 0.674. The Balaban J connectivity index is 1.95. The second kappa shape index (κ2) is 5.96. The van der Waals surface area contributed by atoms with Gasteiger partial charge in [0, 0.05) is 24.8 Å². The Kier molecular flexibility index (Phi) is 4.31. The maximum Gasteiger partial charge on any atom is 0.135 e. The summed E-state index contributed by atoms with van der Waals surface area (Å²) in [5.41, 5.74) is 8.12. The zero-order valence-electron chi connectivity index (χ0n) is 10.7. The molecule has 17 heavy (non-hydrogen) atoms. The molecule has 0 saturated carbocycles. The normalized spacial score (nSPS) is 13.8. The highest BCUT2D eigenvalue weighted by atomic mass is 15.2. The van der Waals surface area contributed by atoms with Gasteiger partial charge in [-0.05, 0) is 38.6 Å². The molecule has 0 bridgehead atoms. The first-order chi connectivity index (χ1) is 8.33. The Labute approximate surface area is 103 Å². The van der Waals surface area contributed by atoms with Crippen LogP contribution in [0.3, 0.4) is 0 Å². The van der Waals surface area contributed by atoms with Gasteiger partial charge in [-0.15, -0.1) is 0 Å². The van der Waals surface area contributed by atoms with Crippen molar-refractivity contribution < 1.29 is 0 Å². The summed E-state index contributed by atoms with van der Waals surface area (Å²) < 4.78 is 0. The first kappa shape index (κ1) is 12.3. The number of nitrogens with two attached hydrogens (primary N) is 1. The summed E-state index contributed by atoms with van der Waals surface area (Å²) in [5.74, 6) is 1.14. The summed E-state index contributed by atoms with van der Waals surface area (Å²) in [6.45, 7) is 1.86. The van der Waals surface area contributed by atoms with Crippen molar-refractivity contribution in [3.8, 4) is 0 Å². The average Bonchev–Trinajstić information content (AvgIpc) is 2.82. The van der Waals surface area contributed by atoms with Crippen molar-refractivity contribution in [3.63, 3.8) is 0 Å². The van der Waals surface area contributed by atoms with Crippen LogP contribution in [0.2, 0.25) is 0 Å². The van der Waals surface area contributed by atoms with Crippen LogP contribution in [0.4, 0.5) is 5.82 Å². The fourth-order valence-electron chi connectivity index (χ4n) is 2.45. The lowest BCUT2D eigenvalue weighted by Crippen LogP contribution is -2.21. The average molecular weight is 234 g/mol. The van der Waals surface area contributed by atoms with E-state index in [9.17, 15) is 0 Å². The Bertz CT molecular complexity index is 364. The number of unbranched alkanes of at least 4 members (excludes halogenated alkanes) is 2. The molecular formula is C13H22N4. The smallest absolute Gasteiger partial charge is 0.135 e. The third-order valence-corrected chi connectivity index (χ3v) is 3.41. The predicted molar refractivity (Wildman–Crippen MR) is 70.2 cm³/mol. The molecule has 4 heteroatoms. The summed E-state index contributed by atoms with van der Waals surface area (Å²) in [4.78, 5) is 11.1. The van der Waals surface area contributed by atoms with Gasteiger partial charge in [0.25, 0.3) is 0 Å². The van der Waals surface area contributed by atoms with E-state index in [1.165, 1.54) is 30.5 Å². The van der Waals surface area contributed by atoms with E-state index in [0.29, 0.717) is 0 Å². The van der Waals surface area contributed by atoms with E-state index >= 15 is 0 Å². The number of hydrogen-bond donors (Lipinski definition) is 1. The maximum atomic E-state index is 5.50. The Morgan fingerprint density at radius 1 is 1.24 bits per heavy atom. The van der Waals surface area contributed by atoms with Crippen molar-refractivity contribution in [2.45, 2.75) is 38.5 Å². The largest absolute Gasteiger partial charge is 0.359 e. The van der Waals surface area contributed by atoms with Crippen molar-refractivity contribution >= 4 is 5.82 Å². The van der Waals surface area contributed by atoms with Crippen molar-refractivity contribution in [2.75, 3.05) is 25.0 Å². The van der Waals surface area contributed by atoms with Crippen LogP contribution in [-0.4, -0.2) is 30.1 Å². The summed E-state index contributed by atoms with van der Waals surface area (Å²) in [7, 11) is 2.13. The number of anilines is 1. The Morgan fingerprint density at radius 3 is 2.94 bits per heavy atom. The minimum atomic E-state index is 0.798. The molecule has 0 fully saturated rings. The third-order valence-electron chi connectivity index (χ3n) is 3.41. The molecule has 0 aromatic carbocycles. The molecule has 0 unspecified atom stereocenters. The number of aryl methyl sites for hydroxylation is 1. The summed E-state index contributed by atoms with van der Waals surface area (Å²) in [5, 5.41) is 0. The number of aromatic nitrogens is 2. The first-order valence-electron chi connectivity index (χ1n) is 6.57. The Morgan fingerprint density at radius 2 is 2.12 bits per heavy atom. The van der Waals surface area contributed by atoms with Gasteiger partial charge in [-0.2, -0.15) is 0 Å². The van der Waals surface area contributed by atoms with Crippen molar-refractivity contribution in [3.05, 3.63) is 17.6 Å². The SMILES string of the molecule is CN(CCCCCN)c1ncnc2c1CCC2. The summed E-state index contributed by atoms with van der Waals surface area (Å²) >= 11 is 0. The van der Waals surface area contributed by atoms with E-state index in [0.717, 1.165) is 38.2 Å². The molecule has 0 radical (unpaired) electrons. The molecule has 2 rings (SSSR count). The lowest BCUT2D eigenvalue weighted by Gasteiger charge is -2.20. The van der Waals surface area contributed by atoms with Gasteiger partial charge in [0.05, 0.1) is 0 Å². The summed E-state index contributed by atoms with van der Waals surface area (Å²) in [6, 6.07) is 0. The summed E-state index contributed by atoms with van der Waals surface area (Å²) in [6.07, 6.45) is 8.69. The van der Waals surface area contributed by atoms with E-state index in [-0.39, 0.29) is 0 Å². The minimum absolute atomic E-state index is 0.798. The van der Waals surface area contributed by atoms with Gasteiger partial charge >= 0.3 is 0 Å².